The molecule has 1 atom stereocenters. The van der Waals surface area contributed by atoms with Crippen molar-refractivity contribution in [3.63, 3.8) is 0 Å². The summed E-state index contributed by atoms with van der Waals surface area (Å²) >= 11 is 0. The predicted octanol–water partition coefficient (Wildman–Crippen LogP) is 1.21. The standard InChI is InChI=1S/C14H26N2O3/c1-3-19-14(18)12(15)13(17)16-9-8-11-6-4-10(2)5-7-11/h10-12H,3-9,15H2,1-2H3,(H,16,17). The lowest BCUT2D eigenvalue weighted by atomic mass is 9.81. The smallest absolute Gasteiger partial charge is 0.332 e. The Morgan fingerprint density at radius 2 is 1.95 bits per heavy atom. The van der Waals surface area contributed by atoms with E-state index in [0.29, 0.717) is 12.5 Å². The van der Waals surface area contributed by atoms with Gasteiger partial charge < -0.3 is 15.8 Å². The number of nitrogens with one attached hydrogen (secondary N) is 1. The molecule has 0 radical (unpaired) electrons. The van der Waals surface area contributed by atoms with Crippen molar-refractivity contribution < 1.29 is 14.3 Å². The number of rotatable bonds is 6. The van der Waals surface area contributed by atoms with E-state index < -0.39 is 17.9 Å². The highest BCUT2D eigenvalue weighted by atomic mass is 16.5. The Morgan fingerprint density at radius 3 is 2.53 bits per heavy atom. The average molecular weight is 270 g/mol. The first-order valence-corrected chi connectivity index (χ1v) is 7.24. The number of ether oxygens (including phenoxy) is 1. The molecule has 0 spiro atoms. The van der Waals surface area contributed by atoms with E-state index in [9.17, 15) is 9.59 Å². The lowest BCUT2D eigenvalue weighted by Crippen LogP contribution is -2.47. The van der Waals surface area contributed by atoms with Crippen LogP contribution >= 0.6 is 0 Å². The van der Waals surface area contributed by atoms with Gasteiger partial charge in [-0.2, -0.15) is 0 Å². The monoisotopic (exact) mass is 270 g/mol. The quantitative estimate of drug-likeness (QED) is 0.561. The van der Waals surface area contributed by atoms with Gasteiger partial charge >= 0.3 is 5.97 Å². The first-order chi connectivity index (χ1) is 9.04. The van der Waals surface area contributed by atoms with E-state index in [2.05, 4.69) is 12.2 Å². The first kappa shape index (κ1) is 16.0. The number of esters is 1. The molecule has 0 aliphatic heterocycles. The summed E-state index contributed by atoms with van der Waals surface area (Å²) < 4.78 is 4.71. The fraction of sp³-hybridized carbons (Fsp3) is 0.857. The third kappa shape index (κ3) is 5.59. The van der Waals surface area contributed by atoms with E-state index in [0.717, 1.165) is 12.3 Å². The van der Waals surface area contributed by atoms with E-state index in [1.54, 1.807) is 6.92 Å². The highest BCUT2D eigenvalue weighted by Gasteiger charge is 2.23. The molecule has 1 rings (SSSR count). The molecule has 110 valence electrons. The van der Waals surface area contributed by atoms with Gasteiger partial charge in [0.1, 0.15) is 0 Å². The number of carbonyl (C=O) groups is 2. The van der Waals surface area contributed by atoms with E-state index in [1.165, 1.54) is 25.7 Å². The molecule has 1 unspecified atom stereocenters. The minimum Gasteiger partial charge on any atom is -0.464 e. The molecule has 1 amide bonds. The minimum atomic E-state index is -1.20. The molecule has 5 heteroatoms. The zero-order valence-electron chi connectivity index (χ0n) is 12.0. The molecular weight excluding hydrogens is 244 g/mol. The van der Waals surface area contributed by atoms with Gasteiger partial charge in [0.25, 0.3) is 0 Å². The van der Waals surface area contributed by atoms with Crippen LogP contribution in [0.1, 0.15) is 46.0 Å². The van der Waals surface area contributed by atoms with Crippen LogP contribution in [0.4, 0.5) is 0 Å². The molecule has 19 heavy (non-hydrogen) atoms. The van der Waals surface area contributed by atoms with E-state index >= 15 is 0 Å². The fourth-order valence-electron chi connectivity index (χ4n) is 2.47. The third-order valence-electron chi connectivity index (χ3n) is 3.81. The Hall–Kier alpha value is -1.10. The molecule has 5 nitrogen and oxygen atoms in total. The van der Waals surface area contributed by atoms with Crippen molar-refractivity contribution in [3.05, 3.63) is 0 Å². The van der Waals surface area contributed by atoms with Crippen LogP contribution in [-0.2, 0) is 14.3 Å². The van der Waals surface area contributed by atoms with Crippen LogP contribution in [0.25, 0.3) is 0 Å². The summed E-state index contributed by atoms with van der Waals surface area (Å²) in [7, 11) is 0. The molecule has 0 aromatic heterocycles. The molecule has 0 saturated heterocycles. The van der Waals surface area contributed by atoms with Gasteiger partial charge in [0.05, 0.1) is 6.61 Å². The van der Waals surface area contributed by atoms with Crippen LogP contribution in [0, 0.1) is 11.8 Å². The van der Waals surface area contributed by atoms with Crippen LogP contribution < -0.4 is 11.1 Å². The summed E-state index contributed by atoms with van der Waals surface area (Å²) in [4.78, 5) is 22.9. The average Bonchev–Trinajstić information content (AvgIpc) is 2.40. The van der Waals surface area contributed by atoms with Gasteiger partial charge in [-0.1, -0.05) is 32.6 Å². The maximum absolute atomic E-state index is 11.6. The molecule has 1 aliphatic rings. The highest BCUT2D eigenvalue weighted by Crippen LogP contribution is 2.29. The van der Waals surface area contributed by atoms with Crippen molar-refractivity contribution in [1.82, 2.24) is 5.32 Å². The van der Waals surface area contributed by atoms with Crippen LogP contribution in [-0.4, -0.2) is 31.1 Å². The summed E-state index contributed by atoms with van der Waals surface area (Å²) in [5, 5.41) is 2.72. The van der Waals surface area contributed by atoms with Crippen LogP contribution in [0.2, 0.25) is 0 Å². The van der Waals surface area contributed by atoms with Crippen molar-refractivity contribution in [2.75, 3.05) is 13.2 Å². The summed E-state index contributed by atoms with van der Waals surface area (Å²) in [5.74, 6) is 0.424. The van der Waals surface area contributed by atoms with Gasteiger partial charge in [0.2, 0.25) is 5.91 Å². The van der Waals surface area contributed by atoms with E-state index in [-0.39, 0.29) is 6.61 Å². The molecule has 1 fully saturated rings. The van der Waals surface area contributed by atoms with Gasteiger partial charge in [-0.25, -0.2) is 4.79 Å². The molecule has 1 saturated carbocycles. The van der Waals surface area contributed by atoms with E-state index in [4.69, 9.17) is 10.5 Å². The van der Waals surface area contributed by atoms with Gasteiger partial charge in [-0.05, 0) is 25.2 Å². The lowest BCUT2D eigenvalue weighted by Gasteiger charge is -2.26. The summed E-state index contributed by atoms with van der Waals surface area (Å²) in [6, 6.07) is -1.20. The zero-order valence-corrected chi connectivity index (χ0v) is 12.0. The van der Waals surface area contributed by atoms with Gasteiger partial charge in [-0.3, -0.25) is 4.79 Å². The van der Waals surface area contributed by atoms with Crippen molar-refractivity contribution in [2.45, 2.75) is 52.0 Å². The van der Waals surface area contributed by atoms with Crippen LogP contribution in [0.5, 0.6) is 0 Å². The number of amides is 1. The highest BCUT2D eigenvalue weighted by molar-refractivity contribution is 6.01. The number of hydrogen-bond donors (Lipinski definition) is 2. The minimum absolute atomic E-state index is 0.236. The zero-order chi connectivity index (χ0) is 14.3. The first-order valence-electron chi connectivity index (χ1n) is 7.24. The Kier molecular flexibility index (Phi) is 6.84. The second-order valence-electron chi connectivity index (χ2n) is 5.44. The third-order valence-corrected chi connectivity index (χ3v) is 3.81. The molecular formula is C14H26N2O3. The molecule has 0 heterocycles. The van der Waals surface area contributed by atoms with Crippen molar-refractivity contribution in [3.8, 4) is 0 Å². The van der Waals surface area contributed by atoms with Gasteiger partial charge in [0.15, 0.2) is 6.04 Å². The molecule has 0 aromatic carbocycles. The SMILES string of the molecule is CCOC(=O)C(N)C(=O)NCCC1CCC(C)CC1. The lowest BCUT2D eigenvalue weighted by molar-refractivity contribution is -0.147. The Morgan fingerprint density at radius 1 is 1.32 bits per heavy atom. The second kappa shape index (κ2) is 8.15. The summed E-state index contributed by atoms with van der Waals surface area (Å²) in [5.41, 5.74) is 5.50. The van der Waals surface area contributed by atoms with Crippen LogP contribution in [0.3, 0.4) is 0 Å². The maximum Gasteiger partial charge on any atom is 0.332 e. The van der Waals surface area contributed by atoms with Gasteiger partial charge in [0, 0.05) is 6.54 Å². The molecule has 0 bridgehead atoms. The van der Waals surface area contributed by atoms with Crippen molar-refractivity contribution >= 4 is 11.9 Å². The molecule has 1 aliphatic carbocycles. The largest absolute Gasteiger partial charge is 0.464 e. The number of nitrogens with two attached hydrogens (primary N) is 1. The predicted molar refractivity (Wildman–Crippen MR) is 73.4 cm³/mol. The second-order valence-corrected chi connectivity index (χ2v) is 5.44. The number of hydrogen-bond acceptors (Lipinski definition) is 4. The normalized spacial score (nSPS) is 24.6. The van der Waals surface area contributed by atoms with E-state index in [1.807, 2.05) is 0 Å². The molecule has 0 aromatic rings. The maximum atomic E-state index is 11.6. The molecule has 3 N–H and O–H groups in total. The summed E-state index contributed by atoms with van der Waals surface area (Å²) in [6.07, 6.45) is 6.00. The van der Waals surface area contributed by atoms with Crippen molar-refractivity contribution in [1.29, 1.82) is 0 Å². The fourth-order valence-corrected chi connectivity index (χ4v) is 2.47. The Labute approximate surface area is 115 Å². The van der Waals surface area contributed by atoms with Gasteiger partial charge in [-0.15, -0.1) is 0 Å². The van der Waals surface area contributed by atoms with Crippen molar-refractivity contribution in [2.24, 2.45) is 17.6 Å². The Bertz CT molecular complexity index is 299. The topological polar surface area (TPSA) is 81.4 Å². The van der Waals surface area contributed by atoms with Crippen LogP contribution in [0.15, 0.2) is 0 Å². The number of carbonyl (C=O) groups excluding carboxylic acids is 2. The summed E-state index contributed by atoms with van der Waals surface area (Å²) in [6.45, 7) is 4.80. The Balaban J connectivity index is 2.18.